The fourth-order valence-corrected chi connectivity index (χ4v) is 6.96. The molecule has 3 aromatic rings. The average Bonchev–Trinajstić information content (AvgIpc) is 3.38. The van der Waals surface area contributed by atoms with Crippen LogP contribution in [-0.2, 0) is 9.59 Å². The number of aromatic amines is 1. The zero-order valence-electron chi connectivity index (χ0n) is 24.6. The summed E-state index contributed by atoms with van der Waals surface area (Å²) in [6.07, 6.45) is 9.57. The van der Waals surface area contributed by atoms with Gasteiger partial charge in [-0.2, -0.15) is 0 Å². The van der Waals surface area contributed by atoms with Gasteiger partial charge in [-0.05, 0) is 68.6 Å². The van der Waals surface area contributed by atoms with Crippen LogP contribution in [0.4, 0.5) is 0 Å². The van der Waals surface area contributed by atoms with Crippen LogP contribution in [0.25, 0.3) is 22.2 Å². The summed E-state index contributed by atoms with van der Waals surface area (Å²) in [7, 11) is 0. The Morgan fingerprint density at radius 2 is 1.88 bits per heavy atom. The Hall–Kier alpha value is -3.06. The number of rotatable bonds is 13. The standard InChI is InChI=1S/C33H45N5O2/c1-5-26(39)9-7-6-8-10-28(38-31(40)33(16-22(2)3)18-32(19-33)20-34-21-32)30-35-17-29(37-30)25-13-14-27-24(15-25)12-11-23(4)36-27/h11-15,17,22,28,34H,5-10,16,18-21H2,1-4H3,(H,35,37)(H,38,40)/t28-/m0/s1. The molecule has 214 valence electrons. The second kappa shape index (κ2) is 11.8. The number of aryl methyl sites for hydroxylation is 1. The number of nitrogens with zero attached hydrogens (tertiary/aromatic N) is 2. The van der Waals surface area contributed by atoms with Crippen molar-refractivity contribution in [3.63, 3.8) is 0 Å². The van der Waals surface area contributed by atoms with Gasteiger partial charge in [0.05, 0.1) is 28.9 Å². The third-order valence-electron chi connectivity index (χ3n) is 8.92. The van der Waals surface area contributed by atoms with Gasteiger partial charge in [0.2, 0.25) is 5.91 Å². The monoisotopic (exact) mass is 543 g/mol. The predicted octanol–water partition coefficient (Wildman–Crippen LogP) is 6.44. The molecule has 1 saturated heterocycles. The topological polar surface area (TPSA) is 99.8 Å². The number of ketones is 1. The van der Waals surface area contributed by atoms with Crippen LogP contribution in [0.3, 0.4) is 0 Å². The highest BCUT2D eigenvalue weighted by Gasteiger charge is 2.60. The SMILES string of the molecule is CCC(=O)CCCCC[C@H](NC(=O)C1(CC(C)C)CC2(CNC2)C1)c1ncc(-c2ccc3nc(C)ccc3c2)[nH]1. The lowest BCUT2D eigenvalue weighted by molar-refractivity contribution is -0.156. The van der Waals surface area contributed by atoms with Gasteiger partial charge in [0.25, 0.3) is 0 Å². The predicted molar refractivity (Wildman–Crippen MR) is 160 cm³/mol. The molecule has 1 spiro atoms. The maximum absolute atomic E-state index is 13.9. The highest BCUT2D eigenvalue weighted by molar-refractivity contribution is 5.85. The second-order valence-electron chi connectivity index (χ2n) is 12.9. The van der Waals surface area contributed by atoms with Crippen LogP contribution in [0.2, 0.25) is 0 Å². The van der Waals surface area contributed by atoms with Gasteiger partial charge in [-0.1, -0.05) is 45.7 Å². The number of nitrogens with one attached hydrogen (secondary N) is 3. The molecule has 7 nitrogen and oxygen atoms in total. The molecule has 2 aromatic heterocycles. The Morgan fingerprint density at radius 1 is 1.07 bits per heavy atom. The molecule has 1 aromatic carbocycles. The third kappa shape index (κ3) is 6.14. The fourth-order valence-electron chi connectivity index (χ4n) is 6.96. The van der Waals surface area contributed by atoms with Crippen molar-refractivity contribution >= 4 is 22.6 Å². The molecule has 3 heterocycles. The number of hydrogen-bond donors (Lipinski definition) is 3. The summed E-state index contributed by atoms with van der Waals surface area (Å²) in [5.41, 5.74) is 3.99. The van der Waals surface area contributed by atoms with E-state index in [1.54, 1.807) is 0 Å². The maximum Gasteiger partial charge on any atom is 0.226 e. The zero-order valence-corrected chi connectivity index (χ0v) is 24.6. The number of aromatic nitrogens is 3. The van der Waals surface area contributed by atoms with E-state index in [1.807, 2.05) is 32.2 Å². The summed E-state index contributed by atoms with van der Waals surface area (Å²) in [4.78, 5) is 38.6. The van der Waals surface area contributed by atoms with Crippen LogP contribution in [0, 0.1) is 23.7 Å². The minimum absolute atomic E-state index is 0.176. The summed E-state index contributed by atoms with van der Waals surface area (Å²) in [6.45, 7) is 10.4. The van der Waals surface area contributed by atoms with E-state index in [0.717, 1.165) is 91.7 Å². The van der Waals surface area contributed by atoms with Crippen molar-refractivity contribution in [1.82, 2.24) is 25.6 Å². The molecule has 5 rings (SSSR count). The van der Waals surface area contributed by atoms with Crippen LogP contribution >= 0.6 is 0 Å². The van der Waals surface area contributed by atoms with Crippen molar-refractivity contribution < 1.29 is 9.59 Å². The molecule has 3 N–H and O–H groups in total. The molecule has 0 unspecified atom stereocenters. The number of benzene rings is 1. The van der Waals surface area contributed by atoms with Crippen LogP contribution in [0.5, 0.6) is 0 Å². The van der Waals surface area contributed by atoms with Gasteiger partial charge in [0.15, 0.2) is 0 Å². The van der Waals surface area contributed by atoms with Crippen molar-refractivity contribution in [1.29, 1.82) is 0 Å². The van der Waals surface area contributed by atoms with Gasteiger partial charge in [0, 0.05) is 42.6 Å². The lowest BCUT2D eigenvalue weighted by Crippen LogP contribution is -2.67. The van der Waals surface area contributed by atoms with Gasteiger partial charge in [-0.25, -0.2) is 4.98 Å². The lowest BCUT2D eigenvalue weighted by Gasteiger charge is -2.61. The van der Waals surface area contributed by atoms with Crippen LogP contribution in [-0.4, -0.2) is 39.7 Å². The van der Waals surface area contributed by atoms with E-state index in [-0.39, 0.29) is 17.4 Å². The number of carbonyl (C=O) groups is 2. The number of imidazole rings is 1. The van der Waals surface area contributed by atoms with Crippen LogP contribution < -0.4 is 10.6 Å². The summed E-state index contributed by atoms with van der Waals surface area (Å²) in [5.74, 6) is 1.76. The molecule has 7 heteroatoms. The normalized spacial score (nSPS) is 17.9. The fraction of sp³-hybridized carbons (Fsp3) is 0.576. The summed E-state index contributed by atoms with van der Waals surface area (Å²) >= 11 is 0. The first-order valence-corrected chi connectivity index (χ1v) is 15.2. The van der Waals surface area contributed by atoms with E-state index < -0.39 is 0 Å². The molecule has 2 fully saturated rings. The van der Waals surface area contributed by atoms with Crippen molar-refractivity contribution in [3.8, 4) is 11.3 Å². The molecule has 1 aliphatic carbocycles. The van der Waals surface area contributed by atoms with E-state index in [4.69, 9.17) is 4.98 Å². The number of amides is 1. The van der Waals surface area contributed by atoms with Crippen LogP contribution in [0.15, 0.2) is 36.5 Å². The number of carbonyl (C=O) groups excluding carboxylic acids is 2. The molecule has 0 radical (unpaired) electrons. The summed E-state index contributed by atoms with van der Waals surface area (Å²) in [6, 6.07) is 10.2. The molecule has 2 aliphatic rings. The Balaban J connectivity index is 1.33. The number of fused-ring (bicyclic) bond motifs is 1. The average molecular weight is 544 g/mol. The van der Waals surface area contributed by atoms with Crippen LogP contribution in [0.1, 0.15) is 96.1 Å². The first-order valence-electron chi connectivity index (χ1n) is 15.2. The van der Waals surface area contributed by atoms with Gasteiger partial charge >= 0.3 is 0 Å². The Morgan fingerprint density at radius 3 is 2.58 bits per heavy atom. The second-order valence-corrected chi connectivity index (χ2v) is 12.9. The number of unbranched alkanes of at least 4 members (excludes halogenated alkanes) is 2. The third-order valence-corrected chi connectivity index (χ3v) is 8.92. The molecule has 1 aliphatic heterocycles. The van der Waals surface area contributed by atoms with E-state index in [9.17, 15) is 9.59 Å². The highest BCUT2D eigenvalue weighted by Crippen LogP contribution is 2.59. The molecular formula is C33H45N5O2. The van der Waals surface area contributed by atoms with Crippen molar-refractivity contribution in [2.24, 2.45) is 16.7 Å². The smallest absolute Gasteiger partial charge is 0.226 e. The molecule has 0 bridgehead atoms. The minimum Gasteiger partial charge on any atom is -0.346 e. The number of Topliss-reactive ketones (excluding diaryl/α,β-unsaturated/α-hetero) is 1. The number of H-pyrrole nitrogens is 1. The molecule has 40 heavy (non-hydrogen) atoms. The largest absolute Gasteiger partial charge is 0.346 e. The van der Waals surface area contributed by atoms with Gasteiger partial charge in [-0.15, -0.1) is 0 Å². The van der Waals surface area contributed by atoms with E-state index >= 15 is 0 Å². The zero-order chi connectivity index (χ0) is 28.3. The molecule has 1 amide bonds. The van der Waals surface area contributed by atoms with Crippen molar-refractivity contribution in [3.05, 3.63) is 48.0 Å². The Bertz CT molecular complexity index is 1350. The Labute approximate surface area is 238 Å². The summed E-state index contributed by atoms with van der Waals surface area (Å²) in [5, 5.41) is 7.95. The van der Waals surface area contributed by atoms with Gasteiger partial charge < -0.3 is 15.6 Å². The maximum atomic E-state index is 13.9. The highest BCUT2D eigenvalue weighted by atomic mass is 16.2. The Kier molecular flexibility index (Phi) is 8.41. The first-order chi connectivity index (χ1) is 19.2. The molecule has 1 atom stereocenters. The van der Waals surface area contributed by atoms with Gasteiger partial charge in [-0.3, -0.25) is 14.6 Å². The minimum atomic E-state index is -0.291. The molecular weight excluding hydrogens is 498 g/mol. The quantitative estimate of drug-likeness (QED) is 0.216. The first kappa shape index (κ1) is 28.5. The summed E-state index contributed by atoms with van der Waals surface area (Å²) < 4.78 is 0. The van der Waals surface area contributed by atoms with E-state index in [1.165, 1.54) is 0 Å². The molecule has 1 saturated carbocycles. The van der Waals surface area contributed by atoms with E-state index in [0.29, 0.717) is 30.0 Å². The van der Waals surface area contributed by atoms with Crippen molar-refractivity contribution in [2.75, 3.05) is 13.1 Å². The van der Waals surface area contributed by atoms with Gasteiger partial charge in [0.1, 0.15) is 11.6 Å². The number of pyridine rings is 1. The van der Waals surface area contributed by atoms with E-state index in [2.05, 4.69) is 52.6 Å². The van der Waals surface area contributed by atoms with Crippen molar-refractivity contribution in [2.45, 2.75) is 91.5 Å². The lowest BCUT2D eigenvalue weighted by atomic mass is 9.48. The number of hydrogen-bond acceptors (Lipinski definition) is 5.